The van der Waals surface area contributed by atoms with Gasteiger partial charge in [0.25, 0.3) is 0 Å². The number of hydrogen-bond donors (Lipinski definition) is 1. The van der Waals surface area contributed by atoms with Gasteiger partial charge in [-0.3, -0.25) is 15.0 Å². The molecule has 1 aliphatic rings. The van der Waals surface area contributed by atoms with E-state index < -0.39 is 0 Å². The number of aromatic amines is 1. The molecule has 106 valence electrons. The number of nitrogens with zero attached hydrogens (tertiary/aromatic N) is 3. The van der Waals surface area contributed by atoms with Crippen molar-refractivity contribution in [3.8, 4) is 0 Å². The van der Waals surface area contributed by atoms with E-state index in [1.807, 2.05) is 6.20 Å². The van der Waals surface area contributed by atoms with Gasteiger partial charge in [0.05, 0.1) is 15.7 Å². The number of likely N-dealkylation sites (tertiary alicyclic amines) is 1. The molecule has 20 heavy (non-hydrogen) atoms. The Morgan fingerprint density at radius 3 is 2.75 bits per heavy atom. The van der Waals surface area contributed by atoms with Crippen LogP contribution in [0, 0.1) is 0 Å². The van der Waals surface area contributed by atoms with Crippen molar-refractivity contribution in [3.05, 3.63) is 46.0 Å². The van der Waals surface area contributed by atoms with Crippen molar-refractivity contribution in [1.29, 1.82) is 0 Å². The molecule has 2 aromatic heterocycles. The van der Waals surface area contributed by atoms with Gasteiger partial charge in [-0.2, -0.15) is 5.10 Å². The SMILES string of the molecule is Clc1cnc(CN2CCC(c3ccn[nH]3)CC2)c(Cl)c1. The van der Waals surface area contributed by atoms with Gasteiger partial charge >= 0.3 is 0 Å². The van der Waals surface area contributed by atoms with E-state index in [9.17, 15) is 0 Å². The summed E-state index contributed by atoms with van der Waals surface area (Å²) in [6, 6.07) is 3.82. The minimum Gasteiger partial charge on any atom is -0.297 e. The summed E-state index contributed by atoms with van der Waals surface area (Å²) in [5.74, 6) is 0.586. The molecule has 0 radical (unpaired) electrons. The third kappa shape index (κ3) is 3.14. The van der Waals surface area contributed by atoms with Crippen LogP contribution in [-0.4, -0.2) is 33.2 Å². The van der Waals surface area contributed by atoms with Gasteiger partial charge in [0.15, 0.2) is 0 Å². The Morgan fingerprint density at radius 1 is 1.30 bits per heavy atom. The van der Waals surface area contributed by atoms with Crippen LogP contribution >= 0.6 is 23.2 Å². The molecule has 3 rings (SSSR count). The van der Waals surface area contributed by atoms with Gasteiger partial charge in [-0.1, -0.05) is 23.2 Å². The summed E-state index contributed by atoms with van der Waals surface area (Å²) in [6.07, 6.45) is 5.74. The monoisotopic (exact) mass is 310 g/mol. The quantitative estimate of drug-likeness (QED) is 0.943. The van der Waals surface area contributed by atoms with E-state index in [1.165, 1.54) is 5.69 Å². The van der Waals surface area contributed by atoms with Crippen LogP contribution < -0.4 is 0 Å². The molecule has 0 spiro atoms. The van der Waals surface area contributed by atoms with E-state index in [0.717, 1.165) is 38.2 Å². The Hall–Kier alpha value is -1.10. The Bertz CT molecular complexity index is 563. The summed E-state index contributed by atoms with van der Waals surface area (Å²) >= 11 is 12.0. The molecule has 0 amide bonds. The molecule has 0 aromatic carbocycles. The second kappa shape index (κ2) is 6.12. The van der Waals surface area contributed by atoms with Gasteiger partial charge in [-0.25, -0.2) is 0 Å². The van der Waals surface area contributed by atoms with Crippen molar-refractivity contribution in [2.45, 2.75) is 25.3 Å². The molecular formula is C14H16Cl2N4. The first kappa shape index (κ1) is 13.9. The molecule has 0 atom stereocenters. The van der Waals surface area contributed by atoms with Crippen molar-refractivity contribution in [2.24, 2.45) is 0 Å². The normalized spacial score (nSPS) is 17.5. The summed E-state index contributed by atoms with van der Waals surface area (Å²) < 4.78 is 0. The van der Waals surface area contributed by atoms with Crippen LogP contribution in [0.1, 0.15) is 30.1 Å². The lowest BCUT2D eigenvalue weighted by Crippen LogP contribution is -2.32. The van der Waals surface area contributed by atoms with Gasteiger partial charge in [0.1, 0.15) is 0 Å². The first-order valence-electron chi connectivity index (χ1n) is 6.74. The summed E-state index contributed by atoms with van der Waals surface area (Å²) in [5, 5.41) is 8.32. The third-order valence-electron chi connectivity index (χ3n) is 3.81. The zero-order valence-corrected chi connectivity index (χ0v) is 12.5. The van der Waals surface area contributed by atoms with Crippen LogP contribution in [0.4, 0.5) is 0 Å². The first-order chi connectivity index (χ1) is 9.72. The average Bonchev–Trinajstić information content (AvgIpc) is 2.97. The van der Waals surface area contributed by atoms with E-state index in [2.05, 4.69) is 26.1 Å². The maximum Gasteiger partial charge on any atom is 0.0730 e. The number of pyridine rings is 1. The highest BCUT2D eigenvalue weighted by molar-refractivity contribution is 6.34. The number of hydrogen-bond acceptors (Lipinski definition) is 3. The topological polar surface area (TPSA) is 44.8 Å². The number of piperidine rings is 1. The summed E-state index contributed by atoms with van der Waals surface area (Å²) in [7, 11) is 0. The summed E-state index contributed by atoms with van der Waals surface area (Å²) in [6.45, 7) is 2.88. The number of rotatable bonds is 3. The molecule has 6 heteroatoms. The van der Waals surface area contributed by atoms with Crippen LogP contribution in [0.2, 0.25) is 10.0 Å². The molecule has 4 nitrogen and oxygen atoms in total. The molecule has 1 aliphatic heterocycles. The van der Waals surface area contributed by atoms with Crippen LogP contribution in [0.3, 0.4) is 0 Å². The number of H-pyrrole nitrogens is 1. The molecule has 1 fully saturated rings. The molecular weight excluding hydrogens is 295 g/mol. The third-order valence-corrected chi connectivity index (χ3v) is 4.34. The van der Waals surface area contributed by atoms with E-state index >= 15 is 0 Å². The van der Waals surface area contributed by atoms with Crippen molar-refractivity contribution in [3.63, 3.8) is 0 Å². The first-order valence-corrected chi connectivity index (χ1v) is 7.49. The van der Waals surface area contributed by atoms with Crippen LogP contribution in [0.25, 0.3) is 0 Å². The average molecular weight is 311 g/mol. The zero-order valence-electron chi connectivity index (χ0n) is 11.0. The van der Waals surface area contributed by atoms with E-state index in [-0.39, 0.29) is 0 Å². The molecule has 3 heterocycles. The van der Waals surface area contributed by atoms with Gasteiger partial charge in [-0.05, 0) is 38.1 Å². The second-order valence-corrected chi connectivity index (χ2v) is 5.99. The predicted molar refractivity (Wildman–Crippen MR) is 80.1 cm³/mol. The molecule has 0 bridgehead atoms. The highest BCUT2D eigenvalue weighted by Crippen LogP contribution is 2.28. The van der Waals surface area contributed by atoms with Crippen molar-refractivity contribution in [1.82, 2.24) is 20.1 Å². The maximum absolute atomic E-state index is 6.17. The minimum atomic E-state index is 0.580. The van der Waals surface area contributed by atoms with E-state index in [1.54, 1.807) is 12.3 Å². The Kier molecular flexibility index (Phi) is 4.24. The van der Waals surface area contributed by atoms with Gasteiger partial charge in [-0.15, -0.1) is 0 Å². The molecule has 1 N–H and O–H groups in total. The Morgan fingerprint density at radius 2 is 2.10 bits per heavy atom. The Labute approximate surface area is 128 Å². The predicted octanol–water partition coefficient (Wildman–Crippen LogP) is 3.49. The highest BCUT2D eigenvalue weighted by atomic mass is 35.5. The van der Waals surface area contributed by atoms with Crippen LogP contribution in [-0.2, 0) is 6.54 Å². The molecule has 0 saturated carbocycles. The zero-order chi connectivity index (χ0) is 13.9. The standard InChI is InChI=1S/C14H16Cl2N4/c15-11-7-12(16)14(17-8-11)9-20-5-2-10(3-6-20)13-1-4-18-19-13/h1,4,7-8,10H,2-3,5-6,9H2,(H,18,19). The second-order valence-electron chi connectivity index (χ2n) is 5.14. The van der Waals surface area contributed by atoms with Crippen molar-refractivity contribution < 1.29 is 0 Å². The van der Waals surface area contributed by atoms with Crippen LogP contribution in [0.5, 0.6) is 0 Å². The van der Waals surface area contributed by atoms with Crippen molar-refractivity contribution >= 4 is 23.2 Å². The lowest BCUT2D eigenvalue weighted by molar-refractivity contribution is 0.201. The van der Waals surface area contributed by atoms with E-state index in [0.29, 0.717) is 16.0 Å². The van der Waals surface area contributed by atoms with Crippen molar-refractivity contribution in [2.75, 3.05) is 13.1 Å². The molecule has 0 unspecified atom stereocenters. The minimum absolute atomic E-state index is 0.580. The highest BCUT2D eigenvalue weighted by Gasteiger charge is 2.22. The lowest BCUT2D eigenvalue weighted by atomic mass is 9.93. The molecule has 0 aliphatic carbocycles. The fourth-order valence-corrected chi connectivity index (χ4v) is 3.11. The molecule has 2 aromatic rings. The van der Waals surface area contributed by atoms with Gasteiger partial charge < -0.3 is 0 Å². The maximum atomic E-state index is 6.17. The largest absolute Gasteiger partial charge is 0.297 e. The molecule has 1 saturated heterocycles. The lowest BCUT2D eigenvalue weighted by Gasteiger charge is -2.31. The summed E-state index contributed by atoms with van der Waals surface area (Å²) in [5.41, 5.74) is 2.14. The van der Waals surface area contributed by atoms with Crippen LogP contribution in [0.15, 0.2) is 24.5 Å². The number of nitrogens with one attached hydrogen (secondary N) is 1. The fourth-order valence-electron chi connectivity index (χ4n) is 2.67. The number of aromatic nitrogens is 3. The smallest absolute Gasteiger partial charge is 0.0730 e. The summed E-state index contributed by atoms with van der Waals surface area (Å²) in [4.78, 5) is 6.70. The fraction of sp³-hybridized carbons (Fsp3) is 0.429. The number of halogens is 2. The van der Waals surface area contributed by atoms with Gasteiger partial charge in [0.2, 0.25) is 0 Å². The Balaban J connectivity index is 1.58. The van der Waals surface area contributed by atoms with E-state index in [4.69, 9.17) is 23.2 Å². The van der Waals surface area contributed by atoms with Gasteiger partial charge in [0, 0.05) is 30.6 Å².